The first-order chi connectivity index (χ1) is 23.3. The van der Waals surface area contributed by atoms with Crippen molar-refractivity contribution in [3.8, 4) is 0 Å². The number of unbranched alkanes of at least 4 members (excludes halogenated alkanes) is 24. The van der Waals surface area contributed by atoms with Crippen molar-refractivity contribution in [3.63, 3.8) is 0 Å². The molecule has 0 aromatic heterocycles. The van der Waals surface area contributed by atoms with Crippen molar-refractivity contribution in [1.82, 2.24) is 0 Å². The number of nitrogens with two attached hydrogens (primary N) is 1. The second-order valence-electron chi connectivity index (χ2n) is 13.5. The molecule has 1 atom stereocenters. The predicted molar refractivity (Wildman–Crippen MR) is 195 cm³/mol. The summed E-state index contributed by atoms with van der Waals surface area (Å²) < 4.78 is 32.8. The topological polar surface area (TPSA) is 137 Å². The molecule has 0 rings (SSSR count). The van der Waals surface area contributed by atoms with Crippen LogP contribution in [0.5, 0.6) is 0 Å². The van der Waals surface area contributed by atoms with Crippen molar-refractivity contribution in [3.05, 3.63) is 0 Å². The summed E-state index contributed by atoms with van der Waals surface area (Å²) in [6.07, 6.45) is 31.3. The van der Waals surface area contributed by atoms with E-state index in [2.05, 4.69) is 13.8 Å². The quantitative estimate of drug-likeness (QED) is 0.0378. The van der Waals surface area contributed by atoms with Crippen molar-refractivity contribution < 1.29 is 37.6 Å². The summed E-state index contributed by atoms with van der Waals surface area (Å²) in [4.78, 5) is 37.0. The first-order valence-corrected chi connectivity index (χ1v) is 21.5. The van der Waals surface area contributed by atoms with Gasteiger partial charge in [-0.15, -0.1) is 0 Å². The number of phosphoric acid groups is 1. The Morgan fingerprint density at radius 2 is 0.854 bits per heavy atom. The summed E-state index contributed by atoms with van der Waals surface area (Å²) in [6, 6.07) is 0. The minimum Gasteiger partial charge on any atom is -0.756 e. The second kappa shape index (κ2) is 35.8. The Balaban J connectivity index is 4.18. The maximum Gasteiger partial charge on any atom is 0.305 e. The maximum atomic E-state index is 12.3. The van der Waals surface area contributed by atoms with Crippen molar-refractivity contribution >= 4 is 19.8 Å². The van der Waals surface area contributed by atoms with E-state index in [4.69, 9.17) is 24.3 Å². The van der Waals surface area contributed by atoms with Gasteiger partial charge in [-0.05, 0) is 25.8 Å². The molecule has 0 aromatic rings. The van der Waals surface area contributed by atoms with Crippen molar-refractivity contribution in [1.29, 1.82) is 0 Å². The van der Waals surface area contributed by atoms with Crippen molar-refractivity contribution in [2.75, 3.05) is 26.4 Å². The van der Waals surface area contributed by atoms with Crippen LogP contribution < -0.4 is 10.6 Å². The highest BCUT2D eigenvalue weighted by Gasteiger charge is 2.22. The van der Waals surface area contributed by atoms with Crippen LogP contribution in [-0.2, 0) is 32.7 Å². The molecule has 0 saturated heterocycles. The number of phosphoric ester groups is 1. The third-order valence-corrected chi connectivity index (χ3v) is 9.76. The summed E-state index contributed by atoms with van der Waals surface area (Å²) in [7, 11) is -4.69. The fourth-order valence-corrected chi connectivity index (χ4v) is 6.57. The molecule has 0 radical (unpaired) electrons. The lowest BCUT2D eigenvalue weighted by molar-refractivity contribution is -0.233. The summed E-state index contributed by atoms with van der Waals surface area (Å²) in [6.45, 7) is 3.98. The van der Waals surface area contributed by atoms with E-state index in [-0.39, 0.29) is 39.2 Å². The molecule has 1 unspecified atom stereocenters. The molecule has 0 heterocycles. The van der Waals surface area contributed by atoms with Crippen LogP contribution in [-0.4, -0.2) is 44.4 Å². The lowest BCUT2D eigenvalue weighted by Gasteiger charge is -2.27. The standard InChI is InChI=1S/C38H76NO8P/c1-3-5-7-9-11-13-15-17-19-21-23-25-27-30-37(40)44-34-36(47-48(42,43)46-33-29-32-39)35-45-38(41)31-28-26-24-22-20-18-16-14-12-10-8-6-4-2/h36H,3-35,39H2,1-2H3,(H,42,43)/p-1. The van der Waals surface area contributed by atoms with Crippen LogP contribution in [0.2, 0.25) is 0 Å². The first kappa shape index (κ1) is 47.0. The van der Waals surface area contributed by atoms with Crippen LogP contribution in [0.4, 0.5) is 0 Å². The Bertz CT molecular complexity index is 723. The molecule has 0 aliphatic carbocycles. The van der Waals surface area contributed by atoms with Crippen LogP contribution >= 0.6 is 7.82 Å². The second-order valence-corrected chi connectivity index (χ2v) is 14.9. The number of esters is 2. The highest BCUT2D eigenvalue weighted by molar-refractivity contribution is 7.45. The van der Waals surface area contributed by atoms with E-state index in [1.165, 1.54) is 128 Å². The van der Waals surface area contributed by atoms with Gasteiger partial charge in [-0.3, -0.25) is 14.2 Å². The smallest absolute Gasteiger partial charge is 0.305 e. The first-order valence-electron chi connectivity index (χ1n) is 20.0. The van der Waals surface area contributed by atoms with Gasteiger partial charge in [0.2, 0.25) is 0 Å². The van der Waals surface area contributed by atoms with Crippen LogP contribution in [0, 0.1) is 0 Å². The predicted octanol–water partition coefficient (Wildman–Crippen LogP) is 10.3. The van der Waals surface area contributed by atoms with E-state index in [1.807, 2.05) is 0 Å². The van der Waals surface area contributed by atoms with Gasteiger partial charge in [0.1, 0.15) is 19.3 Å². The van der Waals surface area contributed by atoms with Gasteiger partial charge in [-0.25, -0.2) is 0 Å². The zero-order valence-corrected chi connectivity index (χ0v) is 32.1. The lowest BCUT2D eigenvalue weighted by atomic mass is 10.0. The number of hydrogen-bond acceptors (Lipinski definition) is 9. The highest BCUT2D eigenvalue weighted by atomic mass is 31.2. The van der Waals surface area contributed by atoms with E-state index in [0.717, 1.165) is 38.5 Å². The molecule has 0 aliphatic rings. The molecule has 0 saturated carbocycles. The summed E-state index contributed by atoms with van der Waals surface area (Å²) in [5.74, 6) is -0.843. The average Bonchev–Trinajstić information content (AvgIpc) is 3.06. The molecular formula is C38H75NO8P-. The summed E-state index contributed by atoms with van der Waals surface area (Å²) >= 11 is 0. The average molecular weight is 705 g/mol. The molecule has 0 aromatic carbocycles. The number of hydrogen-bond donors (Lipinski definition) is 1. The zero-order valence-electron chi connectivity index (χ0n) is 31.2. The molecule has 0 amide bonds. The van der Waals surface area contributed by atoms with E-state index >= 15 is 0 Å². The van der Waals surface area contributed by atoms with Gasteiger partial charge in [0.25, 0.3) is 7.82 Å². The molecule has 9 nitrogen and oxygen atoms in total. The van der Waals surface area contributed by atoms with Crippen LogP contribution in [0.1, 0.15) is 200 Å². The molecule has 10 heteroatoms. The molecule has 0 spiro atoms. The Morgan fingerprint density at radius 1 is 0.542 bits per heavy atom. The molecule has 2 N–H and O–H groups in total. The third kappa shape index (κ3) is 34.9. The van der Waals surface area contributed by atoms with Gasteiger partial charge in [-0.2, -0.15) is 0 Å². The number of carbonyl (C=O) groups is 2. The van der Waals surface area contributed by atoms with Crippen LogP contribution in [0.15, 0.2) is 0 Å². The molecule has 0 aliphatic heterocycles. The Labute approximate surface area is 295 Å². The lowest BCUT2D eigenvalue weighted by Crippen LogP contribution is -2.30. The van der Waals surface area contributed by atoms with Crippen molar-refractivity contribution in [2.45, 2.75) is 206 Å². The van der Waals surface area contributed by atoms with Crippen LogP contribution in [0.3, 0.4) is 0 Å². The zero-order chi connectivity index (χ0) is 35.4. The van der Waals surface area contributed by atoms with Crippen LogP contribution in [0.25, 0.3) is 0 Å². The molecule has 0 bridgehead atoms. The molecule has 48 heavy (non-hydrogen) atoms. The molecule has 0 fully saturated rings. The number of rotatable bonds is 38. The minimum atomic E-state index is -4.69. The van der Waals surface area contributed by atoms with Gasteiger partial charge in [0, 0.05) is 12.8 Å². The fraction of sp³-hybridized carbons (Fsp3) is 0.947. The normalized spacial score (nSPS) is 12.8. The fourth-order valence-electron chi connectivity index (χ4n) is 5.67. The summed E-state index contributed by atoms with van der Waals surface area (Å²) in [5.41, 5.74) is 5.41. The SMILES string of the molecule is CCCCCCCCCCCCCCCC(=O)OCC(COC(=O)CCCCCCCCCCCCCCC)OP(=O)([O-])OCCCN. The monoisotopic (exact) mass is 705 g/mol. The van der Waals surface area contributed by atoms with Gasteiger partial charge >= 0.3 is 11.9 Å². The molecule has 286 valence electrons. The number of carbonyl (C=O) groups excluding carboxylic acids is 2. The Kier molecular flexibility index (Phi) is 35.1. The van der Waals surface area contributed by atoms with Gasteiger partial charge in [0.15, 0.2) is 0 Å². The van der Waals surface area contributed by atoms with Gasteiger partial charge in [-0.1, -0.05) is 168 Å². The maximum absolute atomic E-state index is 12.3. The van der Waals surface area contributed by atoms with Gasteiger partial charge < -0.3 is 29.1 Å². The highest BCUT2D eigenvalue weighted by Crippen LogP contribution is 2.40. The summed E-state index contributed by atoms with van der Waals surface area (Å²) in [5, 5.41) is 0. The Morgan fingerprint density at radius 3 is 1.17 bits per heavy atom. The van der Waals surface area contributed by atoms with E-state index in [1.54, 1.807) is 0 Å². The van der Waals surface area contributed by atoms with Crippen molar-refractivity contribution in [2.24, 2.45) is 5.73 Å². The van der Waals surface area contributed by atoms with E-state index in [0.29, 0.717) is 6.42 Å². The molecular weight excluding hydrogens is 629 g/mol. The third-order valence-electron chi connectivity index (χ3n) is 8.71. The minimum absolute atomic E-state index is 0.109. The van der Waals surface area contributed by atoms with E-state index in [9.17, 15) is 19.0 Å². The van der Waals surface area contributed by atoms with Gasteiger partial charge in [0.05, 0.1) is 6.61 Å². The number of ether oxygens (including phenoxy) is 2. The largest absolute Gasteiger partial charge is 0.756 e. The Hall–Kier alpha value is -0.990. The van der Waals surface area contributed by atoms with E-state index < -0.39 is 25.9 Å².